The molecular formula is C9H21N3. The van der Waals surface area contributed by atoms with Gasteiger partial charge in [-0.15, -0.1) is 0 Å². The van der Waals surface area contributed by atoms with Crippen molar-refractivity contribution < 1.29 is 0 Å². The van der Waals surface area contributed by atoms with E-state index in [9.17, 15) is 0 Å². The molecular weight excluding hydrogens is 150 g/mol. The minimum atomic E-state index is 0.247. The molecule has 0 atom stereocenters. The van der Waals surface area contributed by atoms with Crippen LogP contribution in [0.1, 0.15) is 13.8 Å². The van der Waals surface area contributed by atoms with Crippen molar-refractivity contribution in [1.82, 2.24) is 15.5 Å². The first kappa shape index (κ1) is 9.96. The summed E-state index contributed by atoms with van der Waals surface area (Å²) in [6.45, 7) is 10.3. The standard InChI is InChI=1S/C9H21N3/c1-9(2,10-3)8-12-6-4-11-5-7-12/h10-11H,4-8H2,1-3H3. The highest BCUT2D eigenvalue weighted by atomic mass is 15.2. The van der Waals surface area contributed by atoms with Crippen LogP contribution < -0.4 is 10.6 Å². The lowest BCUT2D eigenvalue weighted by Gasteiger charge is -2.34. The number of likely N-dealkylation sites (N-methyl/N-ethyl adjacent to an activating group) is 1. The van der Waals surface area contributed by atoms with E-state index in [1.807, 2.05) is 7.05 Å². The van der Waals surface area contributed by atoms with Crippen molar-refractivity contribution in [3.8, 4) is 0 Å². The molecule has 0 unspecified atom stereocenters. The molecule has 3 nitrogen and oxygen atoms in total. The minimum absolute atomic E-state index is 0.247. The molecule has 0 amide bonds. The Bertz CT molecular complexity index is 128. The van der Waals surface area contributed by atoms with Gasteiger partial charge in [0.2, 0.25) is 0 Å². The zero-order valence-corrected chi connectivity index (χ0v) is 8.48. The number of rotatable bonds is 3. The summed E-state index contributed by atoms with van der Waals surface area (Å²) >= 11 is 0. The van der Waals surface area contributed by atoms with Gasteiger partial charge in [0.05, 0.1) is 0 Å². The molecule has 1 aliphatic heterocycles. The first-order valence-corrected chi connectivity index (χ1v) is 4.76. The summed E-state index contributed by atoms with van der Waals surface area (Å²) in [6.07, 6.45) is 0. The van der Waals surface area contributed by atoms with Crippen LogP contribution in [0.2, 0.25) is 0 Å². The van der Waals surface area contributed by atoms with Crippen LogP contribution in [0.3, 0.4) is 0 Å². The number of nitrogens with one attached hydrogen (secondary N) is 2. The highest BCUT2D eigenvalue weighted by molar-refractivity contribution is 4.81. The molecule has 0 aromatic carbocycles. The second-order valence-corrected chi connectivity index (χ2v) is 4.16. The van der Waals surface area contributed by atoms with Gasteiger partial charge in [-0.3, -0.25) is 4.90 Å². The molecule has 72 valence electrons. The van der Waals surface area contributed by atoms with Crippen molar-refractivity contribution >= 4 is 0 Å². The third kappa shape index (κ3) is 3.09. The minimum Gasteiger partial charge on any atom is -0.314 e. The Morgan fingerprint density at radius 2 is 1.92 bits per heavy atom. The fraction of sp³-hybridized carbons (Fsp3) is 1.00. The van der Waals surface area contributed by atoms with Crippen LogP contribution in [0, 0.1) is 0 Å². The highest BCUT2D eigenvalue weighted by Gasteiger charge is 2.20. The van der Waals surface area contributed by atoms with Gasteiger partial charge in [-0.25, -0.2) is 0 Å². The van der Waals surface area contributed by atoms with E-state index >= 15 is 0 Å². The highest BCUT2D eigenvalue weighted by Crippen LogP contribution is 2.05. The van der Waals surface area contributed by atoms with Crippen molar-refractivity contribution in [2.45, 2.75) is 19.4 Å². The van der Waals surface area contributed by atoms with Gasteiger partial charge in [0, 0.05) is 38.3 Å². The maximum Gasteiger partial charge on any atom is 0.0249 e. The normalized spacial score (nSPS) is 21.2. The van der Waals surface area contributed by atoms with Crippen molar-refractivity contribution in [1.29, 1.82) is 0 Å². The van der Waals surface area contributed by atoms with E-state index in [1.54, 1.807) is 0 Å². The second-order valence-electron chi connectivity index (χ2n) is 4.16. The third-order valence-corrected chi connectivity index (χ3v) is 2.51. The van der Waals surface area contributed by atoms with Crippen LogP contribution in [0.5, 0.6) is 0 Å². The van der Waals surface area contributed by atoms with Crippen molar-refractivity contribution in [2.75, 3.05) is 39.8 Å². The van der Waals surface area contributed by atoms with E-state index < -0.39 is 0 Å². The van der Waals surface area contributed by atoms with Gasteiger partial charge in [-0.1, -0.05) is 0 Å². The molecule has 0 aromatic rings. The van der Waals surface area contributed by atoms with Gasteiger partial charge in [-0.05, 0) is 20.9 Å². The van der Waals surface area contributed by atoms with Gasteiger partial charge in [0.1, 0.15) is 0 Å². The largest absolute Gasteiger partial charge is 0.314 e. The summed E-state index contributed by atoms with van der Waals surface area (Å²) in [5.41, 5.74) is 0.247. The van der Waals surface area contributed by atoms with Crippen molar-refractivity contribution in [3.63, 3.8) is 0 Å². The second kappa shape index (κ2) is 4.21. The Labute approximate surface area is 75.5 Å². The molecule has 12 heavy (non-hydrogen) atoms. The third-order valence-electron chi connectivity index (χ3n) is 2.51. The Morgan fingerprint density at radius 1 is 1.33 bits per heavy atom. The van der Waals surface area contributed by atoms with Gasteiger partial charge in [-0.2, -0.15) is 0 Å². The van der Waals surface area contributed by atoms with Gasteiger partial charge < -0.3 is 10.6 Å². The Morgan fingerprint density at radius 3 is 2.42 bits per heavy atom. The quantitative estimate of drug-likeness (QED) is 0.620. The molecule has 1 heterocycles. The zero-order valence-electron chi connectivity index (χ0n) is 8.48. The molecule has 3 heteroatoms. The average molecular weight is 171 g/mol. The maximum absolute atomic E-state index is 3.36. The predicted molar refractivity (Wildman–Crippen MR) is 52.4 cm³/mol. The summed E-state index contributed by atoms with van der Waals surface area (Å²) in [4.78, 5) is 2.51. The zero-order chi connectivity index (χ0) is 9.03. The van der Waals surface area contributed by atoms with Crippen LogP contribution >= 0.6 is 0 Å². The number of hydrogen-bond donors (Lipinski definition) is 2. The average Bonchev–Trinajstić information content (AvgIpc) is 2.06. The summed E-state index contributed by atoms with van der Waals surface area (Å²) in [5.74, 6) is 0. The summed E-state index contributed by atoms with van der Waals surface area (Å²) in [5, 5.41) is 6.68. The van der Waals surface area contributed by atoms with Crippen LogP contribution in [0.25, 0.3) is 0 Å². The lowest BCUT2D eigenvalue weighted by atomic mass is 10.1. The van der Waals surface area contributed by atoms with E-state index in [2.05, 4.69) is 29.4 Å². The van der Waals surface area contributed by atoms with E-state index in [1.165, 1.54) is 13.1 Å². The molecule has 0 aromatic heterocycles. The predicted octanol–water partition coefficient (Wildman–Crippen LogP) is -0.110. The molecule has 0 spiro atoms. The molecule has 1 fully saturated rings. The van der Waals surface area contributed by atoms with Crippen LogP contribution in [-0.2, 0) is 0 Å². The van der Waals surface area contributed by atoms with Gasteiger partial charge in [0.25, 0.3) is 0 Å². The molecule has 2 N–H and O–H groups in total. The molecule has 0 bridgehead atoms. The number of nitrogens with zero attached hydrogens (tertiary/aromatic N) is 1. The maximum atomic E-state index is 3.36. The summed E-state index contributed by atoms with van der Waals surface area (Å²) in [6, 6.07) is 0. The monoisotopic (exact) mass is 171 g/mol. The molecule has 0 aliphatic carbocycles. The summed E-state index contributed by atoms with van der Waals surface area (Å²) in [7, 11) is 2.03. The van der Waals surface area contributed by atoms with Gasteiger partial charge >= 0.3 is 0 Å². The first-order valence-electron chi connectivity index (χ1n) is 4.76. The van der Waals surface area contributed by atoms with Crippen LogP contribution in [-0.4, -0.2) is 50.2 Å². The fourth-order valence-electron chi connectivity index (χ4n) is 1.51. The van der Waals surface area contributed by atoms with Crippen molar-refractivity contribution in [2.24, 2.45) is 0 Å². The molecule has 1 aliphatic rings. The summed E-state index contributed by atoms with van der Waals surface area (Å²) < 4.78 is 0. The van der Waals surface area contributed by atoms with Crippen molar-refractivity contribution in [3.05, 3.63) is 0 Å². The molecule has 1 rings (SSSR count). The Hall–Kier alpha value is -0.120. The number of hydrogen-bond acceptors (Lipinski definition) is 3. The molecule has 0 radical (unpaired) electrons. The van der Waals surface area contributed by atoms with Gasteiger partial charge in [0.15, 0.2) is 0 Å². The molecule has 0 saturated carbocycles. The first-order chi connectivity index (χ1) is 5.64. The molecule has 1 saturated heterocycles. The van der Waals surface area contributed by atoms with E-state index in [-0.39, 0.29) is 5.54 Å². The Kier molecular flexibility index (Phi) is 3.50. The van der Waals surface area contributed by atoms with E-state index in [0.717, 1.165) is 19.6 Å². The van der Waals surface area contributed by atoms with E-state index in [4.69, 9.17) is 0 Å². The van der Waals surface area contributed by atoms with E-state index in [0.29, 0.717) is 0 Å². The smallest absolute Gasteiger partial charge is 0.0249 e. The fourth-order valence-corrected chi connectivity index (χ4v) is 1.51. The SMILES string of the molecule is CNC(C)(C)CN1CCNCC1. The topological polar surface area (TPSA) is 27.3 Å². The van der Waals surface area contributed by atoms with Crippen LogP contribution in [0.4, 0.5) is 0 Å². The number of piperazine rings is 1. The van der Waals surface area contributed by atoms with Crippen LogP contribution in [0.15, 0.2) is 0 Å². The Balaban J connectivity index is 2.28. The lowest BCUT2D eigenvalue weighted by Crippen LogP contribution is -2.52. The lowest BCUT2D eigenvalue weighted by molar-refractivity contribution is 0.186.